The van der Waals surface area contributed by atoms with Crippen LogP contribution in [0.2, 0.25) is 0 Å². The monoisotopic (exact) mass is 148 g/mol. The van der Waals surface area contributed by atoms with Gasteiger partial charge in [-0.3, -0.25) is 4.99 Å². The first-order valence-corrected chi connectivity index (χ1v) is 3.40. The van der Waals surface area contributed by atoms with Gasteiger partial charge < -0.3 is 4.90 Å². The molecule has 56 valence electrons. The third-order valence-electron chi connectivity index (χ3n) is 1.53. The SMILES string of the molecule is N#CCC1=NCCN1CC#N. The molecule has 0 spiro atoms. The van der Waals surface area contributed by atoms with E-state index in [-0.39, 0.29) is 0 Å². The molecule has 0 saturated heterocycles. The average Bonchev–Trinajstić information content (AvgIpc) is 2.39. The molecule has 0 atom stereocenters. The van der Waals surface area contributed by atoms with Crippen LogP contribution in [-0.2, 0) is 0 Å². The molecule has 0 bridgehead atoms. The van der Waals surface area contributed by atoms with E-state index in [0.29, 0.717) is 13.0 Å². The van der Waals surface area contributed by atoms with Crippen LogP contribution in [-0.4, -0.2) is 30.4 Å². The summed E-state index contributed by atoms with van der Waals surface area (Å²) in [5, 5.41) is 16.8. The van der Waals surface area contributed by atoms with E-state index in [2.05, 4.69) is 4.99 Å². The molecule has 0 saturated carbocycles. The van der Waals surface area contributed by atoms with E-state index < -0.39 is 0 Å². The number of aliphatic imine (C=N–C) groups is 1. The second-order valence-electron chi connectivity index (χ2n) is 2.21. The second kappa shape index (κ2) is 3.58. The highest BCUT2D eigenvalue weighted by Gasteiger charge is 2.14. The Bertz CT molecular complexity index is 242. The number of hydrogen-bond acceptors (Lipinski definition) is 4. The smallest absolute Gasteiger partial charge is 0.114 e. The zero-order chi connectivity index (χ0) is 8.10. The van der Waals surface area contributed by atoms with Gasteiger partial charge >= 0.3 is 0 Å². The quantitative estimate of drug-likeness (QED) is 0.523. The Morgan fingerprint density at radius 3 is 2.91 bits per heavy atom. The average molecular weight is 148 g/mol. The fourth-order valence-electron chi connectivity index (χ4n) is 1.02. The maximum atomic E-state index is 8.38. The summed E-state index contributed by atoms with van der Waals surface area (Å²) < 4.78 is 0. The lowest BCUT2D eigenvalue weighted by molar-refractivity contribution is 0.506. The van der Waals surface area contributed by atoms with Gasteiger partial charge in [-0.05, 0) is 0 Å². The molecule has 1 aliphatic heterocycles. The minimum atomic E-state index is 0.321. The predicted octanol–water partition coefficient (Wildman–Crippen LogP) is 0.138. The van der Waals surface area contributed by atoms with Gasteiger partial charge in [0.15, 0.2) is 0 Å². The van der Waals surface area contributed by atoms with Crippen molar-refractivity contribution in [3.63, 3.8) is 0 Å². The number of rotatable bonds is 2. The summed E-state index contributed by atoms with van der Waals surface area (Å²) in [6.07, 6.45) is 0.321. The maximum absolute atomic E-state index is 8.38. The minimum absolute atomic E-state index is 0.321. The highest BCUT2D eigenvalue weighted by Crippen LogP contribution is 2.02. The first kappa shape index (κ1) is 7.56. The van der Waals surface area contributed by atoms with Crippen molar-refractivity contribution in [1.29, 1.82) is 10.5 Å². The zero-order valence-corrected chi connectivity index (χ0v) is 6.12. The van der Waals surface area contributed by atoms with Crippen LogP contribution >= 0.6 is 0 Å². The molecule has 4 nitrogen and oxygen atoms in total. The molecular formula is C7H8N4. The number of amidine groups is 1. The van der Waals surface area contributed by atoms with E-state index in [1.807, 2.05) is 17.0 Å². The first-order valence-electron chi connectivity index (χ1n) is 3.40. The standard InChI is InChI=1S/C7H8N4/c8-2-1-7-10-4-6-11(7)5-3-9/h1,4-6H2. The van der Waals surface area contributed by atoms with Gasteiger partial charge in [0, 0.05) is 6.54 Å². The predicted molar refractivity (Wildman–Crippen MR) is 39.7 cm³/mol. The lowest BCUT2D eigenvalue weighted by Gasteiger charge is -2.13. The van der Waals surface area contributed by atoms with E-state index in [9.17, 15) is 0 Å². The van der Waals surface area contributed by atoms with E-state index in [1.165, 1.54) is 0 Å². The molecule has 1 heterocycles. The van der Waals surface area contributed by atoms with Crippen molar-refractivity contribution in [2.24, 2.45) is 4.99 Å². The van der Waals surface area contributed by atoms with E-state index in [0.717, 1.165) is 18.9 Å². The fourth-order valence-corrected chi connectivity index (χ4v) is 1.02. The van der Waals surface area contributed by atoms with Crippen molar-refractivity contribution >= 4 is 5.84 Å². The molecule has 4 heteroatoms. The molecule has 11 heavy (non-hydrogen) atoms. The molecule has 0 fully saturated rings. The fraction of sp³-hybridized carbons (Fsp3) is 0.571. The van der Waals surface area contributed by atoms with Gasteiger partial charge in [0.2, 0.25) is 0 Å². The van der Waals surface area contributed by atoms with Crippen LogP contribution in [0.4, 0.5) is 0 Å². The Morgan fingerprint density at radius 1 is 1.45 bits per heavy atom. The molecule has 1 rings (SSSR count). The molecule has 0 aromatic heterocycles. The van der Waals surface area contributed by atoms with Gasteiger partial charge in [0.05, 0.1) is 25.1 Å². The number of nitrogens with zero attached hydrogens (tertiary/aromatic N) is 4. The zero-order valence-electron chi connectivity index (χ0n) is 6.12. The van der Waals surface area contributed by atoms with Crippen molar-refractivity contribution < 1.29 is 0 Å². The number of nitriles is 2. The van der Waals surface area contributed by atoms with E-state index >= 15 is 0 Å². The van der Waals surface area contributed by atoms with Crippen LogP contribution in [0.3, 0.4) is 0 Å². The van der Waals surface area contributed by atoms with Crippen molar-refractivity contribution in [3.8, 4) is 12.1 Å². The van der Waals surface area contributed by atoms with Crippen LogP contribution in [0.5, 0.6) is 0 Å². The normalized spacial score (nSPS) is 15.5. The lowest BCUT2D eigenvalue weighted by atomic mass is 10.4. The van der Waals surface area contributed by atoms with Crippen molar-refractivity contribution in [2.45, 2.75) is 6.42 Å². The van der Waals surface area contributed by atoms with Gasteiger partial charge in [0.1, 0.15) is 12.4 Å². The summed E-state index contributed by atoms with van der Waals surface area (Å²) >= 11 is 0. The summed E-state index contributed by atoms with van der Waals surface area (Å²) in [4.78, 5) is 5.93. The highest BCUT2D eigenvalue weighted by atomic mass is 15.2. The largest absolute Gasteiger partial charge is 0.344 e. The molecule has 0 aliphatic carbocycles. The molecule has 0 amide bonds. The first-order chi connectivity index (χ1) is 5.38. The molecule has 0 aromatic rings. The van der Waals surface area contributed by atoms with Gasteiger partial charge in [-0.25, -0.2) is 0 Å². The van der Waals surface area contributed by atoms with Gasteiger partial charge in [0.25, 0.3) is 0 Å². The molecule has 0 radical (unpaired) electrons. The van der Waals surface area contributed by atoms with Crippen LogP contribution in [0.1, 0.15) is 6.42 Å². The Kier molecular flexibility index (Phi) is 2.46. The van der Waals surface area contributed by atoms with Gasteiger partial charge in [-0.2, -0.15) is 10.5 Å². The maximum Gasteiger partial charge on any atom is 0.114 e. The van der Waals surface area contributed by atoms with Crippen molar-refractivity contribution in [1.82, 2.24) is 4.90 Å². The number of hydrogen-bond donors (Lipinski definition) is 0. The summed E-state index contributed by atoms with van der Waals surface area (Å²) in [5.74, 6) is 0.758. The lowest BCUT2D eigenvalue weighted by Crippen LogP contribution is -2.27. The van der Waals surface area contributed by atoms with Crippen LogP contribution in [0, 0.1) is 22.7 Å². The topological polar surface area (TPSA) is 63.2 Å². The molecule has 1 aliphatic rings. The second-order valence-corrected chi connectivity index (χ2v) is 2.21. The van der Waals surface area contributed by atoms with Crippen LogP contribution < -0.4 is 0 Å². The molecule has 0 unspecified atom stereocenters. The minimum Gasteiger partial charge on any atom is -0.344 e. The summed E-state index contributed by atoms with van der Waals surface area (Å²) in [5.41, 5.74) is 0. The van der Waals surface area contributed by atoms with E-state index in [1.54, 1.807) is 0 Å². The van der Waals surface area contributed by atoms with Crippen molar-refractivity contribution in [3.05, 3.63) is 0 Å². The molecule has 0 N–H and O–H groups in total. The third-order valence-corrected chi connectivity index (χ3v) is 1.53. The third kappa shape index (κ3) is 1.68. The van der Waals surface area contributed by atoms with Crippen molar-refractivity contribution in [2.75, 3.05) is 19.6 Å². The molecule has 0 aromatic carbocycles. The Hall–Kier alpha value is -1.55. The Balaban J connectivity index is 2.51. The Morgan fingerprint density at radius 2 is 2.27 bits per heavy atom. The summed E-state index contributed by atoms with van der Waals surface area (Å²) in [6.45, 7) is 1.85. The van der Waals surface area contributed by atoms with Gasteiger partial charge in [-0.1, -0.05) is 0 Å². The highest BCUT2D eigenvalue weighted by molar-refractivity contribution is 5.85. The molecular weight excluding hydrogens is 140 g/mol. The summed E-state index contributed by atoms with van der Waals surface area (Å²) in [6, 6.07) is 4.05. The summed E-state index contributed by atoms with van der Waals surface area (Å²) in [7, 11) is 0. The Labute approximate surface area is 65.4 Å². The van der Waals surface area contributed by atoms with E-state index in [4.69, 9.17) is 10.5 Å². The van der Waals surface area contributed by atoms with Crippen LogP contribution in [0.25, 0.3) is 0 Å². The van der Waals surface area contributed by atoms with Crippen LogP contribution in [0.15, 0.2) is 4.99 Å². The van der Waals surface area contributed by atoms with Gasteiger partial charge in [-0.15, -0.1) is 0 Å².